The van der Waals surface area contributed by atoms with Gasteiger partial charge in [0.25, 0.3) is 5.69 Å². The van der Waals surface area contributed by atoms with Crippen LogP contribution in [-0.4, -0.2) is 46.3 Å². The van der Waals surface area contributed by atoms with E-state index in [9.17, 15) is 24.8 Å². The first kappa shape index (κ1) is 33.2. The van der Waals surface area contributed by atoms with Crippen molar-refractivity contribution in [3.63, 3.8) is 0 Å². The number of hydrogen-bond acceptors (Lipinski definition) is 7. The number of nitrogens with zero attached hydrogens (tertiary/aromatic N) is 3. The summed E-state index contributed by atoms with van der Waals surface area (Å²) in [6, 6.07) is 32.9. The van der Waals surface area contributed by atoms with Gasteiger partial charge in [-0.3, -0.25) is 19.7 Å². The standard InChI is InChI=1S/C41H42N4O5/c1-40(2)25-34-38(36(46)26-40)39(28-17-19-32(20-18-28)45(49)50)44(35-16-10-9-15-33(35)42-34)27-37(47)43-23-21-31(22-24-43)41(48,29-11-5-3-6-12-29)30-13-7-4-8-14-30/h3-20,31,39,42,48H,21-27H2,1-2H3. The van der Waals surface area contributed by atoms with Gasteiger partial charge in [0.05, 0.1) is 28.9 Å². The number of rotatable bonds is 7. The van der Waals surface area contributed by atoms with Crippen molar-refractivity contribution in [2.45, 2.75) is 51.2 Å². The molecule has 50 heavy (non-hydrogen) atoms. The summed E-state index contributed by atoms with van der Waals surface area (Å²) in [6.45, 7) is 5.11. The summed E-state index contributed by atoms with van der Waals surface area (Å²) in [4.78, 5) is 43.4. The summed E-state index contributed by atoms with van der Waals surface area (Å²) in [5.41, 5.74) is 3.87. The number of hydrogen-bond donors (Lipinski definition) is 2. The average Bonchev–Trinajstić information content (AvgIpc) is 3.26. The second kappa shape index (κ2) is 13.2. The van der Waals surface area contributed by atoms with Gasteiger partial charge in [0.15, 0.2) is 5.78 Å². The van der Waals surface area contributed by atoms with Crippen LogP contribution in [0.25, 0.3) is 0 Å². The number of amides is 1. The molecule has 4 aromatic carbocycles. The summed E-state index contributed by atoms with van der Waals surface area (Å²) >= 11 is 0. The highest BCUT2D eigenvalue weighted by Gasteiger charge is 2.44. The monoisotopic (exact) mass is 670 g/mol. The third kappa shape index (κ3) is 6.18. The molecule has 1 atom stereocenters. The molecule has 2 aliphatic heterocycles. The molecule has 1 amide bonds. The maximum atomic E-state index is 14.4. The van der Waals surface area contributed by atoms with Crippen LogP contribution in [0, 0.1) is 21.4 Å². The number of nitrogens with one attached hydrogen (secondary N) is 1. The Morgan fingerprint density at radius 1 is 0.880 bits per heavy atom. The van der Waals surface area contributed by atoms with Gasteiger partial charge in [0.1, 0.15) is 5.60 Å². The first-order valence-electron chi connectivity index (χ1n) is 17.3. The summed E-state index contributed by atoms with van der Waals surface area (Å²) in [5.74, 6) is -0.191. The van der Waals surface area contributed by atoms with Gasteiger partial charge in [-0.05, 0) is 71.6 Å². The number of carbonyl (C=O) groups is 2. The summed E-state index contributed by atoms with van der Waals surface area (Å²) in [6.07, 6.45) is 2.22. The number of fused-ring (bicyclic) bond motifs is 1. The molecule has 1 fully saturated rings. The molecular weight excluding hydrogens is 628 g/mol. The van der Waals surface area contributed by atoms with E-state index < -0.39 is 16.6 Å². The normalized spacial score (nSPS) is 19.3. The van der Waals surface area contributed by atoms with Crippen molar-refractivity contribution in [2.75, 3.05) is 29.9 Å². The fourth-order valence-corrected chi connectivity index (χ4v) is 8.17. The average molecular weight is 671 g/mol. The van der Waals surface area contributed by atoms with E-state index in [1.807, 2.05) is 94.7 Å². The van der Waals surface area contributed by atoms with Crippen LogP contribution < -0.4 is 10.2 Å². The Morgan fingerprint density at radius 2 is 1.46 bits per heavy atom. The van der Waals surface area contributed by atoms with Gasteiger partial charge in [-0.1, -0.05) is 86.6 Å². The van der Waals surface area contributed by atoms with E-state index >= 15 is 0 Å². The number of Topliss-reactive ketones (excluding diaryl/α,β-unsaturated/α-hetero) is 1. The van der Waals surface area contributed by atoms with E-state index in [0.29, 0.717) is 49.9 Å². The largest absolute Gasteiger partial charge is 0.380 e. The zero-order valence-electron chi connectivity index (χ0n) is 28.4. The van der Waals surface area contributed by atoms with Crippen LogP contribution in [0.15, 0.2) is 120 Å². The molecule has 2 N–H and O–H groups in total. The van der Waals surface area contributed by atoms with Crippen molar-refractivity contribution in [1.29, 1.82) is 0 Å². The Bertz CT molecular complexity index is 1890. The number of nitro groups is 1. The minimum absolute atomic E-state index is 0.000105. The smallest absolute Gasteiger partial charge is 0.269 e. The Labute approximate surface area is 292 Å². The molecule has 1 saturated heterocycles. The maximum absolute atomic E-state index is 14.4. The second-order valence-electron chi connectivity index (χ2n) is 14.5. The van der Waals surface area contributed by atoms with Gasteiger partial charge in [-0.2, -0.15) is 0 Å². The van der Waals surface area contributed by atoms with Crippen LogP contribution in [0.2, 0.25) is 0 Å². The van der Waals surface area contributed by atoms with Gasteiger partial charge in [-0.15, -0.1) is 0 Å². The molecule has 0 bridgehead atoms. The van der Waals surface area contributed by atoms with Gasteiger partial charge < -0.3 is 20.2 Å². The number of allylic oxidation sites excluding steroid dienone is 1. The molecule has 256 valence electrons. The quantitative estimate of drug-likeness (QED) is 0.156. The lowest BCUT2D eigenvalue weighted by Crippen LogP contribution is -2.49. The van der Waals surface area contributed by atoms with E-state index in [4.69, 9.17) is 0 Å². The van der Waals surface area contributed by atoms with Gasteiger partial charge >= 0.3 is 0 Å². The fraction of sp³-hybridized carbons (Fsp3) is 0.317. The Balaban J connectivity index is 1.21. The van der Waals surface area contributed by atoms with Crippen LogP contribution in [0.5, 0.6) is 0 Å². The Morgan fingerprint density at radius 3 is 2.06 bits per heavy atom. The molecule has 0 saturated carbocycles. The lowest BCUT2D eigenvalue weighted by Gasteiger charge is -2.43. The number of carbonyl (C=O) groups excluding carboxylic acids is 2. The van der Waals surface area contributed by atoms with Crippen molar-refractivity contribution in [1.82, 2.24) is 4.90 Å². The van der Waals surface area contributed by atoms with Crippen LogP contribution in [0.4, 0.5) is 17.1 Å². The molecule has 0 aromatic heterocycles. The SMILES string of the molecule is CC1(C)CC(=O)C2=C(C1)Nc1ccccc1N(CC(=O)N1CCC(C(O)(c3ccccc3)c3ccccc3)CC1)C2c1ccc([N+](=O)[O-])cc1. The van der Waals surface area contributed by atoms with Gasteiger partial charge in [0.2, 0.25) is 5.91 Å². The number of piperidine rings is 1. The van der Waals surface area contributed by atoms with Crippen LogP contribution in [0.1, 0.15) is 62.3 Å². The Hall–Kier alpha value is -5.28. The van der Waals surface area contributed by atoms with Crippen molar-refractivity contribution in [3.8, 4) is 0 Å². The number of non-ortho nitro benzene ring substituents is 1. The molecule has 0 radical (unpaired) electrons. The van der Waals surface area contributed by atoms with Crippen LogP contribution >= 0.6 is 0 Å². The minimum atomic E-state index is -1.20. The highest BCUT2D eigenvalue weighted by Crippen LogP contribution is 2.49. The maximum Gasteiger partial charge on any atom is 0.269 e. The number of para-hydroxylation sites is 2. The summed E-state index contributed by atoms with van der Waals surface area (Å²) < 4.78 is 0. The zero-order chi connectivity index (χ0) is 35.0. The van der Waals surface area contributed by atoms with Crippen molar-refractivity contribution in [2.24, 2.45) is 11.3 Å². The van der Waals surface area contributed by atoms with E-state index in [2.05, 4.69) is 19.2 Å². The number of aliphatic hydroxyl groups is 1. The zero-order valence-corrected chi connectivity index (χ0v) is 28.4. The number of anilines is 2. The van der Waals surface area contributed by atoms with E-state index in [0.717, 1.165) is 28.2 Å². The Kier molecular flexibility index (Phi) is 8.78. The summed E-state index contributed by atoms with van der Waals surface area (Å²) in [5, 5.41) is 27.5. The van der Waals surface area contributed by atoms with E-state index in [1.165, 1.54) is 12.1 Å². The van der Waals surface area contributed by atoms with Crippen molar-refractivity contribution in [3.05, 3.63) is 147 Å². The van der Waals surface area contributed by atoms with E-state index in [1.54, 1.807) is 12.1 Å². The summed E-state index contributed by atoms with van der Waals surface area (Å²) in [7, 11) is 0. The predicted molar refractivity (Wildman–Crippen MR) is 193 cm³/mol. The highest BCUT2D eigenvalue weighted by atomic mass is 16.6. The highest BCUT2D eigenvalue weighted by molar-refractivity contribution is 6.02. The van der Waals surface area contributed by atoms with Crippen LogP contribution in [0.3, 0.4) is 0 Å². The molecule has 9 nitrogen and oxygen atoms in total. The lowest BCUT2D eigenvalue weighted by atomic mass is 9.72. The lowest BCUT2D eigenvalue weighted by molar-refractivity contribution is -0.384. The topological polar surface area (TPSA) is 116 Å². The molecule has 0 spiro atoms. The molecule has 1 unspecified atom stereocenters. The number of ketones is 1. The fourth-order valence-electron chi connectivity index (χ4n) is 8.17. The number of likely N-dealkylation sites (tertiary alicyclic amines) is 1. The van der Waals surface area contributed by atoms with Crippen molar-refractivity contribution < 1.29 is 19.6 Å². The molecule has 2 heterocycles. The molecule has 4 aromatic rings. The molecule has 9 heteroatoms. The number of nitro benzene ring substituents is 1. The minimum Gasteiger partial charge on any atom is -0.380 e. The van der Waals surface area contributed by atoms with E-state index in [-0.39, 0.29) is 35.3 Å². The molecule has 3 aliphatic rings. The van der Waals surface area contributed by atoms with Gasteiger partial charge in [-0.25, -0.2) is 0 Å². The predicted octanol–water partition coefficient (Wildman–Crippen LogP) is 7.39. The third-order valence-corrected chi connectivity index (χ3v) is 10.6. The molecule has 7 rings (SSSR count). The first-order chi connectivity index (χ1) is 24.0. The van der Waals surface area contributed by atoms with Crippen LogP contribution in [-0.2, 0) is 15.2 Å². The van der Waals surface area contributed by atoms with Gasteiger partial charge in [0, 0.05) is 42.9 Å². The molecule has 1 aliphatic carbocycles. The first-order valence-corrected chi connectivity index (χ1v) is 17.3. The van der Waals surface area contributed by atoms with Crippen molar-refractivity contribution >= 4 is 28.8 Å². The number of benzene rings is 4. The third-order valence-electron chi connectivity index (χ3n) is 10.6. The second-order valence-corrected chi connectivity index (χ2v) is 14.5. The molecular formula is C41H42N4O5.